The Labute approximate surface area is 142 Å². The van der Waals surface area contributed by atoms with Gasteiger partial charge >= 0.3 is 0 Å². The molecule has 0 aliphatic heterocycles. The molecule has 1 aromatic heterocycles. The highest BCUT2D eigenvalue weighted by Crippen LogP contribution is 2.28. The minimum atomic E-state index is -1.28. The number of para-hydroxylation sites is 1. The predicted octanol–water partition coefficient (Wildman–Crippen LogP) is 2.49. The number of rotatable bonds is 5. The number of aromatic nitrogens is 1. The van der Waals surface area contributed by atoms with Crippen LogP contribution in [0.3, 0.4) is 0 Å². The van der Waals surface area contributed by atoms with Crippen molar-refractivity contribution in [3.63, 3.8) is 0 Å². The lowest BCUT2D eigenvalue weighted by molar-refractivity contribution is -0.307. The summed E-state index contributed by atoms with van der Waals surface area (Å²) in [6.45, 7) is -0.496. The van der Waals surface area contributed by atoms with Crippen molar-refractivity contribution < 1.29 is 14.6 Å². The molecule has 0 amide bonds. The Kier molecular flexibility index (Phi) is 4.54. The van der Waals surface area contributed by atoms with Crippen LogP contribution >= 0.6 is 11.3 Å². The molecule has 118 valence electrons. The van der Waals surface area contributed by atoms with E-state index >= 15 is 0 Å². The van der Waals surface area contributed by atoms with Crippen molar-refractivity contribution in [2.45, 2.75) is 0 Å². The standard InChI is InChI=1S/C18H12N2O3S/c19-10-13(18-20-15-3-1-2-4-16(15)24-18)9-12-5-7-14(8-6-12)23-11-17(21)22/h1-9H,11H2,(H,21,22)/p-1/b13-9+. The molecule has 0 spiro atoms. The molecule has 0 atom stereocenters. The van der Waals surface area contributed by atoms with Crippen LogP contribution in [-0.2, 0) is 4.79 Å². The number of carboxylic acid groups (broad SMARTS) is 1. The maximum atomic E-state index is 10.4. The zero-order chi connectivity index (χ0) is 16.9. The van der Waals surface area contributed by atoms with Crippen LogP contribution in [-0.4, -0.2) is 17.6 Å². The number of hydrogen-bond acceptors (Lipinski definition) is 6. The molecule has 3 rings (SSSR count). The average Bonchev–Trinajstić information content (AvgIpc) is 3.02. The number of nitriles is 1. The van der Waals surface area contributed by atoms with E-state index in [0.29, 0.717) is 16.3 Å². The molecular formula is C18H11N2O3S-. The minimum absolute atomic E-state index is 0.426. The number of carbonyl (C=O) groups is 1. The Bertz CT molecular complexity index is 919. The Balaban J connectivity index is 1.85. The van der Waals surface area contributed by atoms with E-state index in [2.05, 4.69) is 11.1 Å². The van der Waals surface area contributed by atoms with Crippen molar-refractivity contribution in [2.75, 3.05) is 6.61 Å². The molecule has 5 nitrogen and oxygen atoms in total. The Hall–Kier alpha value is -3.17. The number of nitrogens with zero attached hydrogens (tertiary/aromatic N) is 2. The van der Waals surface area contributed by atoms with Crippen LogP contribution in [0.2, 0.25) is 0 Å². The normalized spacial score (nSPS) is 11.2. The zero-order valence-electron chi connectivity index (χ0n) is 12.4. The van der Waals surface area contributed by atoms with E-state index in [-0.39, 0.29) is 0 Å². The molecule has 0 aliphatic rings. The molecule has 0 aliphatic carbocycles. The summed E-state index contributed by atoms with van der Waals surface area (Å²) in [5, 5.41) is 20.4. The number of carbonyl (C=O) groups excluding carboxylic acids is 1. The van der Waals surface area contributed by atoms with E-state index in [0.717, 1.165) is 15.8 Å². The summed E-state index contributed by atoms with van der Waals surface area (Å²) in [5.74, 6) is -0.851. The van der Waals surface area contributed by atoms with Gasteiger partial charge in [-0.05, 0) is 35.9 Å². The highest BCUT2D eigenvalue weighted by molar-refractivity contribution is 7.19. The van der Waals surface area contributed by atoms with E-state index in [1.54, 1.807) is 30.3 Å². The monoisotopic (exact) mass is 335 g/mol. The van der Waals surface area contributed by atoms with Gasteiger partial charge in [-0.25, -0.2) is 4.98 Å². The first-order valence-corrected chi connectivity index (χ1v) is 7.88. The van der Waals surface area contributed by atoms with Gasteiger partial charge in [0.2, 0.25) is 0 Å². The van der Waals surface area contributed by atoms with Gasteiger partial charge in [0.25, 0.3) is 0 Å². The van der Waals surface area contributed by atoms with Crippen LogP contribution in [0.25, 0.3) is 21.9 Å². The van der Waals surface area contributed by atoms with Crippen molar-refractivity contribution in [1.29, 1.82) is 5.26 Å². The van der Waals surface area contributed by atoms with Gasteiger partial charge in [-0.2, -0.15) is 5.26 Å². The second kappa shape index (κ2) is 6.94. The minimum Gasteiger partial charge on any atom is -0.546 e. The van der Waals surface area contributed by atoms with Crippen LogP contribution in [0.1, 0.15) is 10.6 Å². The number of benzene rings is 2. The molecule has 0 bridgehead atoms. The lowest BCUT2D eigenvalue weighted by Crippen LogP contribution is -2.28. The van der Waals surface area contributed by atoms with E-state index in [4.69, 9.17) is 4.74 Å². The van der Waals surface area contributed by atoms with Gasteiger partial charge in [-0.3, -0.25) is 0 Å². The third-order valence-electron chi connectivity index (χ3n) is 3.19. The molecule has 0 saturated heterocycles. The molecule has 0 N–H and O–H groups in total. The molecule has 2 aromatic carbocycles. The quantitative estimate of drug-likeness (QED) is 0.669. The Morgan fingerprint density at radius 3 is 2.67 bits per heavy atom. The summed E-state index contributed by atoms with van der Waals surface area (Å²) >= 11 is 1.46. The lowest BCUT2D eigenvalue weighted by atomic mass is 10.1. The fourth-order valence-electron chi connectivity index (χ4n) is 2.10. The number of fused-ring (bicyclic) bond motifs is 1. The number of thiazole rings is 1. The third kappa shape index (κ3) is 3.59. The average molecular weight is 335 g/mol. The van der Waals surface area contributed by atoms with Crippen LogP contribution in [0, 0.1) is 11.3 Å². The molecule has 0 fully saturated rings. The van der Waals surface area contributed by atoms with Gasteiger partial charge in [0, 0.05) is 0 Å². The number of hydrogen-bond donors (Lipinski definition) is 0. The number of ether oxygens (including phenoxy) is 1. The van der Waals surface area contributed by atoms with Gasteiger partial charge in [0.1, 0.15) is 23.4 Å². The highest BCUT2D eigenvalue weighted by Gasteiger charge is 2.08. The van der Waals surface area contributed by atoms with Crippen molar-refractivity contribution in [3.8, 4) is 11.8 Å². The molecule has 24 heavy (non-hydrogen) atoms. The van der Waals surface area contributed by atoms with Gasteiger partial charge in [-0.1, -0.05) is 24.3 Å². The number of aliphatic carboxylic acids is 1. The van der Waals surface area contributed by atoms with Crippen LogP contribution in [0.5, 0.6) is 5.75 Å². The smallest absolute Gasteiger partial charge is 0.135 e. The van der Waals surface area contributed by atoms with E-state index in [9.17, 15) is 15.2 Å². The van der Waals surface area contributed by atoms with Crippen LogP contribution in [0.15, 0.2) is 48.5 Å². The second-order valence-electron chi connectivity index (χ2n) is 4.89. The summed E-state index contributed by atoms with van der Waals surface area (Å²) < 4.78 is 6.05. The molecule has 3 aromatic rings. The van der Waals surface area contributed by atoms with Crippen LogP contribution in [0.4, 0.5) is 0 Å². The van der Waals surface area contributed by atoms with Gasteiger partial charge in [0.15, 0.2) is 0 Å². The van der Waals surface area contributed by atoms with Crippen molar-refractivity contribution in [1.82, 2.24) is 4.98 Å². The molecular weight excluding hydrogens is 324 g/mol. The van der Waals surface area contributed by atoms with Gasteiger partial charge < -0.3 is 14.6 Å². The first-order chi connectivity index (χ1) is 11.7. The molecule has 0 saturated carbocycles. The topological polar surface area (TPSA) is 86.0 Å². The second-order valence-corrected chi connectivity index (χ2v) is 5.92. The molecule has 0 unspecified atom stereocenters. The zero-order valence-corrected chi connectivity index (χ0v) is 13.2. The maximum absolute atomic E-state index is 10.4. The van der Waals surface area contributed by atoms with E-state index in [1.807, 2.05) is 24.3 Å². The maximum Gasteiger partial charge on any atom is 0.135 e. The predicted molar refractivity (Wildman–Crippen MR) is 90.0 cm³/mol. The Morgan fingerprint density at radius 2 is 2.00 bits per heavy atom. The third-order valence-corrected chi connectivity index (χ3v) is 4.26. The van der Waals surface area contributed by atoms with Crippen molar-refractivity contribution in [2.24, 2.45) is 0 Å². The summed E-state index contributed by atoms with van der Waals surface area (Å²) in [4.78, 5) is 14.8. The fourth-order valence-corrected chi connectivity index (χ4v) is 3.03. The first kappa shape index (κ1) is 15.7. The van der Waals surface area contributed by atoms with E-state index < -0.39 is 12.6 Å². The number of carboxylic acids is 1. The highest BCUT2D eigenvalue weighted by atomic mass is 32.1. The lowest BCUT2D eigenvalue weighted by Gasteiger charge is -2.06. The number of allylic oxidation sites excluding steroid dienone is 1. The van der Waals surface area contributed by atoms with E-state index in [1.165, 1.54) is 11.3 Å². The van der Waals surface area contributed by atoms with Crippen molar-refractivity contribution in [3.05, 3.63) is 59.1 Å². The summed E-state index contributed by atoms with van der Waals surface area (Å²) in [6, 6.07) is 16.7. The summed E-state index contributed by atoms with van der Waals surface area (Å²) in [5.41, 5.74) is 2.14. The SMILES string of the molecule is N#C/C(=C\c1ccc(OCC(=O)[O-])cc1)c1nc2ccccc2s1. The van der Waals surface area contributed by atoms with Gasteiger partial charge in [0.05, 0.1) is 21.8 Å². The van der Waals surface area contributed by atoms with Crippen LogP contribution < -0.4 is 9.84 Å². The fraction of sp³-hybridized carbons (Fsp3) is 0.0556. The summed E-state index contributed by atoms with van der Waals surface area (Å²) in [7, 11) is 0. The molecule has 0 radical (unpaired) electrons. The largest absolute Gasteiger partial charge is 0.546 e. The summed E-state index contributed by atoms with van der Waals surface area (Å²) in [6.07, 6.45) is 1.74. The Morgan fingerprint density at radius 1 is 1.25 bits per heavy atom. The van der Waals surface area contributed by atoms with Gasteiger partial charge in [-0.15, -0.1) is 11.3 Å². The molecule has 1 heterocycles. The molecule has 6 heteroatoms. The van der Waals surface area contributed by atoms with Crippen molar-refractivity contribution >= 4 is 39.2 Å². The first-order valence-electron chi connectivity index (χ1n) is 7.06.